The molecule has 1 heterocycles. The van der Waals surface area contributed by atoms with Crippen LogP contribution in [0.3, 0.4) is 0 Å². The zero-order valence-electron chi connectivity index (χ0n) is 24.5. The molecule has 0 saturated heterocycles. The fourth-order valence-electron chi connectivity index (χ4n) is 5.62. The Bertz CT molecular complexity index is 1810. The number of rotatable bonds is 10. The molecule has 9 nitrogen and oxygen atoms in total. The molecule has 1 aromatic heterocycles. The van der Waals surface area contributed by atoms with Gasteiger partial charge in [-0.1, -0.05) is 30.3 Å². The van der Waals surface area contributed by atoms with Crippen LogP contribution in [0.5, 0.6) is 17.2 Å². The van der Waals surface area contributed by atoms with Crippen molar-refractivity contribution in [3.63, 3.8) is 0 Å². The summed E-state index contributed by atoms with van der Waals surface area (Å²) >= 11 is 0. The standard InChI is InChI=1S/C36H33N3O6/c40-34(39-33-6-2-1-4-31(33)36(42)43)22-23-8-12-25(13-9-23)44-27-16-18-28(19-17-27)45-26-14-10-24(11-15-26)38-35(41)30-5-3-7-32-29(30)20-21-37-32/h1-9,12-13,16-21,24,26,37H,10-11,14-15,22H2,(H,38,41)(H,39,40)(H,42,43). The maximum Gasteiger partial charge on any atom is 0.337 e. The smallest absolute Gasteiger partial charge is 0.337 e. The Kier molecular flexibility index (Phi) is 8.77. The number of hydrogen-bond donors (Lipinski definition) is 4. The van der Waals surface area contributed by atoms with Gasteiger partial charge in [0, 0.05) is 28.7 Å². The van der Waals surface area contributed by atoms with Crippen LogP contribution in [0.1, 0.15) is 52.0 Å². The van der Waals surface area contributed by atoms with E-state index in [2.05, 4.69) is 15.6 Å². The quantitative estimate of drug-likeness (QED) is 0.137. The van der Waals surface area contributed by atoms with Gasteiger partial charge in [0.15, 0.2) is 0 Å². The molecule has 45 heavy (non-hydrogen) atoms. The van der Waals surface area contributed by atoms with Crippen LogP contribution < -0.4 is 20.1 Å². The van der Waals surface area contributed by atoms with Crippen molar-refractivity contribution in [1.29, 1.82) is 0 Å². The third-order valence-electron chi connectivity index (χ3n) is 7.93. The lowest BCUT2D eigenvalue weighted by Crippen LogP contribution is -2.39. The van der Waals surface area contributed by atoms with Gasteiger partial charge in [-0.25, -0.2) is 4.79 Å². The molecular formula is C36H33N3O6. The number of anilines is 1. The van der Waals surface area contributed by atoms with E-state index in [9.17, 15) is 19.5 Å². The summed E-state index contributed by atoms with van der Waals surface area (Å²) in [5, 5.41) is 16.1. The minimum Gasteiger partial charge on any atom is -0.490 e. The molecule has 0 spiro atoms. The van der Waals surface area contributed by atoms with Crippen LogP contribution in [0.2, 0.25) is 0 Å². The van der Waals surface area contributed by atoms with Crippen molar-refractivity contribution in [2.45, 2.75) is 44.2 Å². The number of ether oxygens (including phenoxy) is 2. The van der Waals surface area contributed by atoms with Crippen LogP contribution in [0.25, 0.3) is 10.9 Å². The second-order valence-corrected chi connectivity index (χ2v) is 11.1. The molecule has 0 aliphatic heterocycles. The monoisotopic (exact) mass is 603 g/mol. The molecule has 4 aromatic carbocycles. The van der Waals surface area contributed by atoms with E-state index in [1.807, 2.05) is 54.7 Å². The van der Waals surface area contributed by atoms with Crippen molar-refractivity contribution in [3.05, 3.63) is 120 Å². The molecule has 1 aliphatic rings. The number of para-hydroxylation sites is 1. The van der Waals surface area contributed by atoms with Crippen molar-refractivity contribution in [2.24, 2.45) is 0 Å². The fourth-order valence-corrected chi connectivity index (χ4v) is 5.62. The van der Waals surface area contributed by atoms with Crippen LogP contribution >= 0.6 is 0 Å². The highest BCUT2D eigenvalue weighted by Gasteiger charge is 2.24. The summed E-state index contributed by atoms with van der Waals surface area (Å²) in [5.41, 5.74) is 2.72. The van der Waals surface area contributed by atoms with Gasteiger partial charge in [0.1, 0.15) is 17.2 Å². The van der Waals surface area contributed by atoms with E-state index >= 15 is 0 Å². The molecule has 6 rings (SSSR count). The van der Waals surface area contributed by atoms with Gasteiger partial charge in [-0.2, -0.15) is 0 Å². The summed E-state index contributed by atoms with van der Waals surface area (Å²) in [7, 11) is 0. The number of amides is 2. The number of fused-ring (bicyclic) bond motifs is 1. The van der Waals surface area contributed by atoms with Crippen LogP contribution in [0.15, 0.2) is 103 Å². The van der Waals surface area contributed by atoms with E-state index in [4.69, 9.17) is 9.47 Å². The summed E-state index contributed by atoms with van der Waals surface area (Å²) < 4.78 is 12.2. The minimum absolute atomic E-state index is 0.0422. The summed E-state index contributed by atoms with van der Waals surface area (Å²) in [4.78, 5) is 39.9. The SMILES string of the molecule is O=C(Cc1ccc(Oc2ccc(OC3CCC(NC(=O)c4cccc5[nH]ccc45)CC3)cc2)cc1)Nc1ccccc1C(=O)O. The number of H-pyrrole nitrogens is 1. The predicted molar refractivity (Wildman–Crippen MR) is 171 cm³/mol. The zero-order chi connectivity index (χ0) is 31.2. The second-order valence-electron chi connectivity index (χ2n) is 11.1. The number of aromatic amines is 1. The van der Waals surface area contributed by atoms with Gasteiger partial charge >= 0.3 is 5.97 Å². The third kappa shape index (κ3) is 7.33. The van der Waals surface area contributed by atoms with E-state index in [1.165, 1.54) is 6.07 Å². The third-order valence-corrected chi connectivity index (χ3v) is 7.93. The molecule has 1 saturated carbocycles. The molecule has 0 unspecified atom stereocenters. The van der Waals surface area contributed by atoms with E-state index in [0.29, 0.717) is 17.1 Å². The highest BCUT2D eigenvalue weighted by atomic mass is 16.5. The molecule has 2 amide bonds. The molecule has 5 aromatic rings. The average Bonchev–Trinajstić information content (AvgIpc) is 3.53. The first-order valence-electron chi connectivity index (χ1n) is 14.9. The Labute approximate surface area is 260 Å². The molecule has 0 bridgehead atoms. The predicted octanol–water partition coefficient (Wildman–Crippen LogP) is 6.96. The lowest BCUT2D eigenvalue weighted by atomic mass is 9.92. The van der Waals surface area contributed by atoms with E-state index in [-0.39, 0.29) is 41.6 Å². The number of benzene rings is 4. The van der Waals surface area contributed by atoms with Gasteiger partial charge in [0.05, 0.1) is 23.8 Å². The highest BCUT2D eigenvalue weighted by molar-refractivity contribution is 6.06. The molecular weight excluding hydrogens is 570 g/mol. The maximum atomic E-state index is 12.9. The number of carbonyl (C=O) groups excluding carboxylic acids is 2. The van der Waals surface area contributed by atoms with E-state index < -0.39 is 5.97 Å². The Morgan fingerprint density at radius 1 is 0.756 bits per heavy atom. The first-order chi connectivity index (χ1) is 21.9. The molecule has 4 N–H and O–H groups in total. The summed E-state index contributed by atoms with van der Waals surface area (Å²) in [5.74, 6) is 0.592. The van der Waals surface area contributed by atoms with Crippen LogP contribution in [-0.2, 0) is 11.2 Å². The van der Waals surface area contributed by atoms with Gasteiger partial charge in [-0.05, 0) is 98.0 Å². The molecule has 1 fully saturated rings. The van der Waals surface area contributed by atoms with Gasteiger partial charge in [-0.3, -0.25) is 9.59 Å². The average molecular weight is 604 g/mol. The first-order valence-corrected chi connectivity index (χ1v) is 14.9. The molecule has 9 heteroatoms. The van der Waals surface area contributed by atoms with Gasteiger partial charge < -0.3 is 30.2 Å². The van der Waals surface area contributed by atoms with Gasteiger partial charge in [0.2, 0.25) is 5.91 Å². The Hall–Kier alpha value is -5.57. The minimum atomic E-state index is -1.10. The normalized spacial score (nSPS) is 16.1. The van der Waals surface area contributed by atoms with Crippen LogP contribution in [0.4, 0.5) is 5.69 Å². The van der Waals surface area contributed by atoms with Crippen molar-refractivity contribution in [2.75, 3.05) is 5.32 Å². The first kappa shape index (κ1) is 29.5. The number of hydrogen-bond acceptors (Lipinski definition) is 5. The number of carboxylic acids is 1. The topological polar surface area (TPSA) is 130 Å². The number of aromatic nitrogens is 1. The maximum absolute atomic E-state index is 12.9. The molecule has 0 radical (unpaired) electrons. The van der Waals surface area contributed by atoms with E-state index in [1.54, 1.807) is 42.5 Å². The van der Waals surface area contributed by atoms with Crippen LogP contribution in [0, 0.1) is 0 Å². The number of carboxylic acid groups (broad SMARTS) is 1. The van der Waals surface area contributed by atoms with Crippen molar-refractivity contribution in [3.8, 4) is 17.2 Å². The van der Waals surface area contributed by atoms with Crippen molar-refractivity contribution in [1.82, 2.24) is 10.3 Å². The molecule has 228 valence electrons. The largest absolute Gasteiger partial charge is 0.490 e. The summed E-state index contributed by atoms with van der Waals surface area (Å²) in [6.45, 7) is 0. The molecule has 0 atom stereocenters. The van der Waals surface area contributed by atoms with Crippen LogP contribution in [-0.4, -0.2) is 40.0 Å². The van der Waals surface area contributed by atoms with Gasteiger partial charge in [0.25, 0.3) is 5.91 Å². The second kappa shape index (κ2) is 13.4. The van der Waals surface area contributed by atoms with Crippen molar-refractivity contribution < 1.29 is 29.0 Å². The van der Waals surface area contributed by atoms with Gasteiger partial charge in [-0.15, -0.1) is 0 Å². The molecule has 1 aliphatic carbocycles. The number of nitrogens with one attached hydrogen (secondary N) is 3. The lowest BCUT2D eigenvalue weighted by molar-refractivity contribution is -0.115. The van der Waals surface area contributed by atoms with E-state index in [0.717, 1.165) is 47.9 Å². The summed E-state index contributed by atoms with van der Waals surface area (Å²) in [6, 6.07) is 28.7. The Morgan fingerprint density at radius 3 is 2.16 bits per heavy atom. The Morgan fingerprint density at radius 2 is 1.42 bits per heavy atom. The number of carbonyl (C=O) groups is 3. The summed E-state index contributed by atoms with van der Waals surface area (Å²) in [6.07, 6.45) is 5.45. The van der Waals surface area contributed by atoms with Crippen molar-refractivity contribution >= 4 is 34.4 Å². The zero-order valence-corrected chi connectivity index (χ0v) is 24.5. The Balaban J connectivity index is 0.949. The fraction of sp³-hybridized carbons (Fsp3) is 0.194. The number of aromatic carboxylic acids is 1. The lowest BCUT2D eigenvalue weighted by Gasteiger charge is -2.29. The highest BCUT2D eigenvalue weighted by Crippen LogP contribution is 2.28.